The molecule has 1 amide bonds. The van der Waals surface area contributed by atoms with Gasteiger partial charge in [-0.05, 0) is 30.5 Å². The fourth-order valence-electron chi connectivity index (χ4n) is 2.72. The van der Waals surface area contributed by atoms with Gasteiger partial charge >= 0.3 is 0 Å². The number of likely N-dealkylation sites (tertiary alicyclic amines) is 1. The standard InChI is InChI=1S/C15H21FN2O2/c1-20-10-9-18-14(19)4-2-3-13(17)15(18)11-5-7-12(16)8-6-11/h5-8,13,15H,2-4,9-10,17H2,1H3. The molecule has 0 radical (unpaired) electrons. The number of methoxy groups -OCH3 is 1. The quantitative estimate of drug-likeness (QED) is 0.915. The molecule has 110 valence electrons. The van der Waals surface area contributed by atoms with Crippen molar-refractivity contribution >= 4 is 5.91 Å². The lowest BCUT2D eigenvalue weighted by Crippen LogP contribution is -2.43. The maximum absolute atomic E-state index is 13.1. The van der Waals surface area contributed by atoms with E-state index in [1.807, 2.05) is 0 Å². The van der Waals surface area contributed by atoms with Gasteiger partial charge in [0.05, 0.1) is 12.6 Å². The van der Waals surface area contributed by atoms with Crippen molar-refractivity contribution in [1.29, 1.82) is 0 Å². The summed E-state index contributed by atoms with van der Waals surface area (Å²) in [6.07, 6.45) is 2.09. The van der Waals surface area contributed by atoms with Crippen molar-refractivity contribution in [3.8, 4) is 0 Å². The highest BCUT2D eigenvalue weighted by atomic mass is 19.1. The van der Waals surface area contributed by atoms with Crippen LogP contribution in [0.5, 0.6) is 0 Å². The predicted molar refractivity (Wildman–Crippen MR) is 74.6 cm³/mol. The van der Waals surface area contributed by atoms with E-state index in [1.54, 1.807) is 24.1 Å². The van der Waals surface area contributed by atoms with Crippen molar-refractivity contribution in [3.05, 3.63) is 35.6 Å². The summed E-state index contributed by atoms with van der Waals surface area (Å²) in [5.74, 6) is -0.199. The van der Waals surface area contributed by atoms with Gasteiger partial charge in [0, 0.05) is 26.1 Å². The number of hydrogen-bond acceptors (Lipinski definition) is 3. The third-order valence-corrected chi connectivity index (χ3v) is 3.74. The van der Waals surface area contributed by atoms with Crippen LogP contribution in [0, 0.1) is 5.82 Å². The number of carbonyl (C=O) groups excluding carboxylic acids is 1. The van der Waals surface area contributed by atoms with Gasteiger partial charge in [0.1, 0.15) is 5.82 Å². The van der Waals surface area contributed by atoms with E-state index in [2.05, 4.69) is 0 Å². The molecule has 1 aromatic carbocycles. The van der Waals surface area contributed by atoms with Gasteiger partial charge in [0.15, 0.2) is 0 Å². The Bertz CT molecular complexity index is 450. The van der Waals surface area contributed by atoms with E-state index in [1.165, 1.54) is 12.1 Å². The van der Waals surface area contributed by atoms with E-state index in [0.717, 1.165) is 18.4 Å². The number of ether oxygens (including phenoxy) is 1. The predicted octanol–water partition coefficient (Wildman–Crippen LogP) is 1.85. The van der Waals surface area contributed by atoms with E-state index in [4.69, 9.17) is 10.5 Å². The number of rotatable bonds is 4. The Morgan fingerprint density at radius 2 is 2.10 bits per heavy atom. The molecule has 1 aliphatic heterocycles. The fraction of sp³-hybridized carbons (Fsp3) is 0.533. The number of hydrogen-bond donors (Lipinski definition) is 1. The maximum Gasteiger partial charge on any atom is 0.223 e. The molecule has 0 aliphatic carbocycles. The average Bonchev–Trinajstić information content (AvgIpc) is 2.57. The zero-order chi connectivity index (χ0) is 14.5. The van der Waals surface area contributed by atoms with E-state index in [9.17, 15) is 9.18 Å². The molecule has 1 aromatic rings. The van der Waals surface area contributed by atoms with Crippen LogP contribution < -0.4 is 5.73 Å². The lowest BCUT2D eigenvalue weighted by atomic mass is 9.96. The summed E-state index contributed by atoms with van der Waals surface area (Å²) < 4.78 is 18.2. The lowest BCUT2D eigenvalue weighted by Gasteiger charge is -2.33. The van der Waals surface area contributed by atoms with Crippen molar-refractivity contribution in [2.24, 2.45) is 5.73 Å². The van der Waals surface area contributed by atoms with Crippen molar-refractivity contribution in [2.75, 3.05) is 20.3 Å². The summed E-state index contributed by atoms with van der Waals surface area (Å²) in [6.45, 7) is 0.973. The third kappa shape index (κ3) is 3.35. The summed E-state index contributed by atoms with van der Waals surface area (Å²) in [5.41, 5.74) is 7.12. The van der Waals surface area contributed by atoms with E-state index < -0.39 is 0 Å². The van der Waals surface area contributed by atoms with Gasteiger partial charge < -0.3 is 15.4 Å². The van der Waals surface area contributed by atoms with Gasteiger partial charge in [-0.1, -0.05) is 12.1 Å². The molecule has 4 nitrogen and oxygen atoms in total. The minimum Gasteiger partial charge on any atom is -0.383 e. The van der Waals surface area contributed by atoms with E-state index >= 15 is 0 Å². The highest BCUT2D eigenvalue weighted by Gasteiger charge is 2.32. The monoisotopic (exact) mass is 280 g/mol. The molecule has 20 heavy (non-hydrogen) atoms. The minimum absolute atomic E-state index is 0.0873. The topological polar surface area (TPSA) is 55.6 Å². The molecule has 1 fully saturated rings. The molecular weight excluding hydrogens is 259 g/mol. The third-order valence-electron chi connectivity index (χ3n) is 3.74. The summed E-state index contributed by atoms with van der Waals surface area (Å²) in [7, 11) is 1.61. The number of nitrogens with zero attached hydrogens (tertiary/aromatic N) is 1. The SMILES string of the molecule is COCCN1C(=O)CCCC(N)C1c1ccc(F)cc1. The normalized spacial score (nSPS) is 23.8. The molecule has 2 N–H and O–H groups in total. The highest BCUT2D eigenvalue weighted by molar-refractivity contribution is 5.77. The first kappa shape index (κ1) is 14.9. The number of amides is 1. The minimum atomic E-state index is -0.286. The Morgan fingerprint density at radius 3 is 2.75 bits per heavy atom. The number of benzene rings is 1. The summed E-state index contributed by atoms with van der Waals surface area (Å²) in [4.78, 5) is 14.0. The zero-order valence-electron chi connectivity index (χ0n) is 11.7. The molecule has 1 saturated heterocycles. The van der Waals surface area contributed by atoms with Crippen LogP contribution in [0.4, 0.5) is 4.39 Å². The Labute approximate surface area is 118 Å². The van der Waals surface area contributed by atoms with Gasteiger partial charge in [0.25, 0.3) is 0 Å². The second-order valence-electron chi connectivity index (χ2n) is 5.13. The van der Waals surface area contributed by atoms with Crippen LogP contribution in [-0.2, 0) is 9.53 Å². The number of carbonyl (C=O) groups is 1. The summed E-state index contributed by atoms with van der Waals surface area (Å²) in [6, 6.07) is 5.89. The van der Waals surface area contributed by atoms with Gasteiger partial charge in [0.2, 0.25) is 5.91 Å². The van der Waals surface area contributed by atoms with Crippen molar-refractivity contribution < 1.29 is 13.9 Å². The first-order chi connectivity index (χ1) is 9.63. The number of halogens is 1. The van der Waals surface area contributed by atoms with Crippen LogP contribution >= 0.6 is 0 Å². The van der Waals surface area contributed by atoms with Crippen LogP contribution in [0.1, 0.15) is 30.9 Å². The van der Waals surface area contributed by atoms with Gasteiger partial charge in [-0.3, -0.25) is 4.79 Å². The Hall–Kier alpha value is -1.46. The van der Waals surface area contributed by atoms with Gasteiger partial charge in [-0.15, -0.1) is 0 Å². The Kier molecular flexibility index (Phi) is 5.09. The van der Waals surface area contributed by atoms with Crippen LogP contribution in [0.25, 0.3) is 0 Å². The second-order valence-corrected chi connectivity index (χ2v) is 5.13. The first-order valence-electron chi connectivity index (χ1n) is 6.93. The molecule has 1 heterocycles. The second kappa shape index (κ2) is 6.81. The molecular formula is C15H21FN2O2. The Morgan fingerprint density at radius 1 is 1.40 bits per heavy atom. The molecule has 2 atom stereocenters. The van der Waals surface area contributed by atoms with Crippen LogP contribution in [0.15, 0.2) is 24.3 Å². The van der Waals surface area contributed by atoms with Crippen molar-refractivity contribution in [2.45, 2.75) is 31.3 Å². The molecule has 1 aliphatic rings. The van der Waals surface area contributed by atoms with Crippen molar-refractivity contribution in [3.63, 3.8) is 0 Å². The van der Waals surface area contributed by atoms with Gasteiger partial charge in [-0.2, -0.15) is 0 Å². The first-order valence-corrected chi connectivity index (χ1v) is 6.93. The molecule has 2 rings (SSSR count). The molecule has 0 spiro atoms. The molecule has 2 unspecified atom stereocenters. The fourth-order valence-corrected chi connectivity index (χ4v) is 2.72. The smallest absolute Gasteiger partial charge is 0.223 e. The van der Waals surface area contributed by atoms with Crippen LogP contribution in [-0.4, -0.2) is 37.1 Å². The highest BCUT2D eigenvalue weighted by Crippen LogP contribution is 2.30. The van der Waals surface area contributed by atoms with E-state index in [-0.39, 0.29) is 23.8 Å². The van der Waals surface area contributed by atoms with E-state index in [0.29, 0.717) is 19.6 Å². The molecule has 0 saturated carbocycles. The maximum atomic E-state index is 13.1. The zero-order valence-corrected chi connectivity index (χ0v) is 11.7. The Balaban J connectivity index is 2.30. The van der Waals surface area contributed by atoms with Gasteiger partial charge in [-0.25, -0.2) is 4.39 Å². The summed E-state index contributed by atoms with van der Waals surface area (Å²) in [5, 5.41) is 0. The van der Waals surface area contributed by atoms with Crippen molar-refractivity contribution in [1.82, 2.24) is 4.90 Å². The summed E-state index contributed by atoms with van der Waals surface area (Å²) >= 11 is 0. The lowest BCUT2D eigenvalue weighted by molar-refractivity contribution is -0.134. The molecule has 0 bridgehead atoms. The number of nitrogens with two attached hydrogens (primary N) is 1. The average molecular weight is 280 g/mol. The molecule has 0 aromatic heterocycles. The van der Waals surface area contributed by atoms with Crippen LogP contribution in [0.2, 0.25) is 0 Å². The largest absolute Gasteiger partial charge is 0.383 e. The van der Waals surface area contributed by atoms with Crippen LogP contribution in [0.3, 0.4) is 0 Å². The molecule has 5 heteroatoms.